The van der Waals surface area contributed by atoms with E-state index in [9.17, 15) is 4.79 Å². The number of hydrogen-bond acceptors (Lipinski definition) is 4. The number of amides is 1. The number of benzene rings is 2. The second-order valence-corrected chi connectivity index (χ2v) is 7.99. The molecule has 3 aromatic rings. The van der Waals surface area contributed by atoms with E-state index >= 15 is 0 Å². The van der Waals surface area contributed by atoms with Crippen LogP contribution in [0.3, 0.4) is 0 Å². The molecule has 0 radical (unpaired) electrons. The van der Waals surface area contributed by atoms with Crippen molar-refractivity contribution < 1.29 is 9.32 Å². The lowest BCUT2D eigenvalue weighted by atomic mass is 9.91. The summed E-state index contributed by atoms with van der Waals surface area (Å²) in [4.78, 5) is 19.1. The van der Waals surface area contributed by atoms with Crippen LogP contribution in [0.5, 0.6) is 0 Å². The Hall–Kier alpha value is -2.92. The lowest BCUT2D eigenvalue weighted by molar-refractivity contribution is -0.129. The smallest absolute Gasteiger partial charge is 0.224 e. The fourth-order valence-electron chi connectivity index (χ4n) is 3.62. The van der Waals surface area contributed by atoms with Crippen molar-refractivity contribution in [2.24, 2.45) is 4.99 Å². The zero-order valence-corrected chi connectivity index (χ0v) is 17.6. The summed E-state index contributed by atoms with van der Waals surface area (Å²) < 4.78 is 5.71. The van der Waals surface area contributed by atoms with Crippen molar-refractivity contribution in [3.8, 4) is 11.1 Å². The summed E-state index contributed by atoms with van der Waals surface area (Å²) in [6.07, 6.45) is 0.207. The summed E-state index contributed by atoms with van der Waals surface area (Å²) in [5.41, 5.74) is 6.62. The minimum absolute atomic E-state index is 0.0173. The van der Waals surface area contributed by atoms with E-state index in [4.69, 9.17) is 21.1 Å². The van der Waals surface area contributed by atoms with E-state index in [1.807, 2.05) is 31.2 Å². The van der Waals surface area contributed by atoms with Crippen LogP contribution in [0.25, 0.3) is 11.1 Å². The first-order valence-corrected chi connectivity index (χ1v) is 9.84. The van der Waals surface area contributed by atoms with Gasteiger partial charge in [-0.25, -0.2) is 0 Å². The van der Waals surface area contributed by atoms with Crippen molar-refractivity contribution in [2.75, 3.05) is 14.1 Å². The highest BCUT2D eigenvalue weighted by atomic mass is 35.5. The third kappa shape index (κ3) is 3.58. The van der Waals surface area contributed by atoms with Crippen LogP contribution in [0.1, 0.15) is 40.6 Å². The van der Waals surface area contributed by atoms with Gasteiger partial charge in [-0.2, -0.15) is 0 Å². The molecule has 2 aromatic carbocycles. The van der Waals surface area contributed by atoms with Crippen LogP contribution in [-0.2, 0) is 4.79 Å². The zero-order valence-electron chi connectivity index (χ0n) is 16.9. The van der Waals surface area contributed by atoms with Crippen LogP contribution >= 0.6 is 11.6 Å². The molecule has 1 aliphatic heterocycles. The minimum Gasteiger partial charge on any atom is -0.358 e. The maximum atomic E-state index is 12.5. The van der Waals surface area contributed by atoms with E-state index in [0.29, 0.717) is 10.8 Å². The van der Waals surface area contributed by atoms with Gasteiger partial charge in [0.05, 0.1) is 23.4 Å². The Morgan fingerprint density at radius 3 is 2.52 bits per heavy atom. The molecule has 0 N–H and O–H groups in total. The molecule has 4 rings (SSSR count). The lowest BCUT2D eigenvalue weighted by Gasteiger charge is -2.15. The topological polar surface area (TPSA) is 58.7 Å². The Morgan fingerprint density at radius 1 is 1.10 bits per heavy atom. The molecule has 1 atom stereocenters. The van der Waals surface area contributed by atoms with E-state index < -0.39 is 6.04 Å². The third-order valence-electron chi connectivity index (χ3n) is 5.16. The van der Waals surface area contributed by atoms with E-state index in [-0.39, 0.29) is 12.3 Å². The summed E-state index contributed by atoms with van der Waals surface area (Å²) in [6, 6.07) is 13.4. The molecule has 29 heavy (non-hydrogen) atoms. The number of carbonyl (C=O) groups is 1. The number of aryl methyl sites for hydroxylation is 2. The Labute approximate surface area is 175 Å². The van der Waals surface area contributed by atoms with Crippen LogP contribution < -0.4 is 0 Å². The van der Waals surface area contributed by atoms with Crippen LogP contribution in [0.4, 0.5) is 0 Å². The minimum atomic E-state index is -0.459. The molecule has 1 unspecified atom stereocenters. The summed E-state index contributed by atoms with van der Waals surface area (Å²) in [7, 11) is 3.49. The van der Waals surface area contributed by atoms with Gasteiger partial charge in [0, 0.05) is 30.2 Å². The molecular weight excluding hydrogens is 386 g/mol. The number of fused-ring (bicyclic) bond motifs is 3. The predicted octanol–water partition coefficient (Wildman–Crippen LogP) is 4.98. The number of hydrogen-bond donors (Lipinski definition) is 0. The Balaban J connectivity index is 1.97. The van der Waals surface area contributed by atoms with E-state index in [1.165, 1.54) is 0 Å². The third-order valence-corrected chi connectivity index (χ3v) is 5.41. The fourth-order valence-corrected chi connectivity index (χ4v) is 3.75. The average molecular weight is 408 g/mol. The van der Waals surface area contributed by atoms with Gasteiger partial charge < -0.3 is 9.42 Å². The summed E-state index contributed by atoms with van der Waals surface area (Å²) in [5.74, 6) is 0.616. The summed E-state index contributed by atoms with van der Waals surface area (Å²) in [6.45, 7) is 3.98. The maximum Gasteiger partial charge on any atom is 0.224 e. The molecule has 0 spiro atoms. The molecule has 148 valence electrons. The van der Waals surface area contributed by atoms with Gasteiger partial charge in [0.25, 0.3) is 0 Å². The van der Waals surface area contributed by atoms with Gasteiger partial charge in [0.15, 0.2) is 5.76 Å². The summed E-state index contributed by atoms with van der Waals surface area (Å²) >= 11 is 6.10. The largest absolute Gasteiger partial charge is 0.358 e. The molecule has 0 aliphatic carbocycles. The first-order valence-electron chi connectivity index (χ1n) is 9.46. The quantitative estimate of drug-likeness (QED) is 0.615. The van der Waals surface area contributed by atoms with Gasteiger partial charge in [-0.15, -0.1) is 0 Å². The van der Waals surface area contributed by atoms with Gasteiger partial charge in [-0.1, -0.05) is 52.7 Å². The SMILES string of the molecule is Cc1ccc2c(c1)-c1c(C)noc1C(CC(=O)N(C)C)N=C2c1ccc(Cl)cc1. The first-order chi connectivity index (χ1) is 13.8. The van der Waals surface area contributed by atoms with Gasteiger partial charge in [-0.05, 0) is 31.5 Å². The number of halogens is 1. The normalized spacial score (nSPS) is 15.2. The first kappa shape index (κ1) is 19.4. The zero-order chi connectivity index (χ0) is 20.7. The highest BCUT2D eigenvalue weighted by molar-refractivity contribution is 6.30. The van der Waals surface area contributed by atoms with Crippen LogP contribution in [0, 0.1) is 13.8 Å². The Kier molecular flexibility index (Phi) is 5.01. The molecule has 0 saturated heterocycles. The Morgan fingerprint density at radius 2 is 1.83 bits per heavy atom. The van der Waals surface area contributed by atoms with E-state index in [0.717, 1.165) is 39.2 Å². The van der Waals surface area contributed by atoms with Gasteiger partial charge >= 0.3 is 0 Å². The van der Waals surface area contributed by atoms with Crippen molar-refractivity contribution in [3.05, 3.63) is 75.6 Å². The summed E-state index contributed by atoms with van der Waals surface area (Å²) in [5, 5.41) is 4.86. The van der Waals surface area contributed by atoms with Gasteiger partial charge in [0.1, 0.15) is 6.04 Å². The van der Waals surface area contributed by atoms with Crippen molar-refractivity contribution in [2.45, 2.75) is 26.3 Å². The van der Waals surface area contributed by atoms with Crippen molar-refractivity contribution in [1.82, 2.24) is 10.1 Å². The molecule has 0 fully saturated rings. The fraction of sp³-hybridized carbons (Fsp3) is 0.261. The second-order valence-electron chi connectivity index (χ2n) is 7.55. The van der Waals surface area contributed by atoms with E-state index in [2.05, 4.69) is 30.3 Å². The number of aromatic nitrogens is 1. The Bertz CT molecular complexity index is 1110. The molecule has 5 nitrogen and oxygen atoms in total. The second kappa shape index (κ2) is 7.48. The number of carbonyl (C=O) groups excluding carboxylic acids is 1. The van der Waals surface area contributed by atoms with E-state index in [1.54, 1.807) is 19.0 Å². The number of nitrogens with zero attached hydrogens (tertiary/aromatic N) is 3. The van der Waals surface area contributed by atoms with Crippen LogP contribution in [0.15, 0.2) is 52.0 Å². The molecule has 0 bridgehead atoms. The molecule has 1 aromatic heterocycles. The van der Waals surface area contributed by atoms with Crippen LogP contribution in [0.2, 0.25) is 5.02 Å². The van der Waals surface area contributed by atoms with Crippen LogP contribution in [-0.4, -0.2) is 35.8 Å². The molecule has 1 amide bonds. The lowest BCUT2D eigenvalue weighted by Crippen LogP contribution is -2.23. The molecule has 0 saturated carbocycles. The molecule has 2 heterocycles. The van der Waals surface area contributed by atoms with Gasteiger partial charge in [-0.3, -0.25) is 9.79 Å². The maximum absolute atomic E-state index is 12.5. The number of rotatable bonds is 3. The molecular formula is C23H22ClN3O2. The average Bonchev–Trinajstić information content (AvgIpc) is 3.01. The molecule has 6 heteroatoms. The van der Waals surface area contributed by atoms with Gasteiger partial charge in [0.2, 0.25) is 5.91 Å². The predicted molar refractivity (Wildman–Crippen MR) is 115 cm³/mol. The van der Waals surface area contributed by atoms with Crippen molar-refractivity contribution in [1.29, 1.82) is 0 Å². The van der Waals surface area contributed by atoms with Crippen molar-refractivity contribution >= 4 is 23.2 Å². The monoisotopic (exact) mass is 407 g/mol. The van der Waals surface area contributed by atoms with Crippen molar-refractivity contribution in [3.63, 3.8) is 0 Å². The molecule has 1 aliphatic rings. The standard InChI is InChI=1S/C23H22ClN3O2/c1-13-5-10-17-18(11-13)21-14(2)26-29-23(21)19(12-20(28)27(3)4)25-22(17)15-6-8-16(24)9-7-15/h5-11,19H,12H2,1-4H3. The highest BCUT2D eigenvalue weighted by Gasteiger charge is 2.32. The number of aliphatic imine (C=N–C) groups is 1. The highest BCUT2D eigenvalue weighted by Crippen LogP contribution is 2.41.